The lowest BCUT2D eigenvalue weighted by molar-refractivity contribution is -0.141. The van der Waals surface area contributed by atoms with E-state index in [4.69, 9.17) is 28.3 Å². The second-order valence-electron chi connectivity index (χ2n) is 4.17. The number of carbonyl (C=O) groups is 2. The summed E-state index contributed by atoms with van der Waals surface area (Å²) in [5.74, 6) is -0.892. The molecule has 1 heterocycles. The van der Waals surface area contributed by atoms with Crippen LogP contribution in [0.5, 0.6) is 0 Å². The number of halogens is 2. The predicted molar refractivity (Wildman–Crippen MR) is 76.0 cm³/mol. The van der Waals surface area contributed by atoms with Crippen LogP contribution >= 0.6 is 35.0 Å². The topological polar surface area (TPSA) is 66.4 Å². The van der Waals surface area contributed by atoms with Crippen LogP contribution in [0.4, 0.5) is 0 Å². The second-order valence-corrected chi connectivity index (χ2v) is 6.22. The number of benzene rings is 1. The average Bonchev–Trinajstić information content (AvgIpc) is 2.36. The summed E-state index contributed by atoms with van der Waals surface area (Å²) in [4.78, 5) is 22.6. The molecule has 1 aliphatic rings. The highest BCUT2D eigenvalue weighted by Gasteiger charge is 2.32. The minimum atomic E-state index is -1.01. The lowest BCUT2D eigenvalue weighted by Crippen LogP contribution is -2.51. The van der Waals surface area contributed by atoms with Crippen molar-refractivity contribution in [1.82, 2.24) is 5.32 Å². The molecule has 0 aromatic heterocycles. The Hall–Kier alpha value is -0.910. The van der Waals surface area contributed by atoms with Crippen LogP contribution in [0.3, 0.4) is 0 Å². The molecule has 1 saturated heterocycles. The number of carbonyl (C=O) groups excluding carboxylic acids is 1. The fourth-order valence-corrected chi connectivity index (χ4v) is 3.26. The molecular formula is C12H11Cl2NO3S. The van der Waals surface area contributed by atoms with Gasteiger partial charge in [0.1, 0.15) is 6.04 Å². The van der Waals surface area contributed by atoms with E-state index in [0.717, 1.165) is 5.56 Å². The first-order valence-corrected chi connectivity index (χ1v) is 7.36. The number of hydrogen-bond acceptors (Lipinski definition) is 3. The predicted octanol–water partition coefficient (Wildman–Crippen LogP) is 2.22. The number of carboxylic acids is 1. The number of thioether (sulfide) groups is 1. The molecule has 0 spiro atoms. The number of amides is 1. The molecule has 102 valence electrons. The standard InChI is InChI=1S/C12H11Cl2NO3S/c13-7-2-1-6(3-8(7)14)4-10-11(16)15-9(5-19-10)12(17)18/h1-3,9-10H,4-5H2,(H,15,16)(H,17,18)/t9-,10+/m1/s1. The summed E-state index contributed by atoms with van der Waals surface area (Å²) < 4.78 is 0. The molecule has 0 aliphatic carbocycles. The molecule has 1 amide bonds. The SMILES string of the molecule is O=C1N[C@@H](C(=O)O)CS[C@H]1Cc1ccc(Cl)c(Cl)c1. The van der Waals surface area contributed by atoms with Gasteiger partial charge in [0, 0.05) is 5.75 Å². The molecule has 7 heteroatoms. The molecule has 2 rings (SSSR count). The third kappa shape index (κ3) is 3.55. The molecule has 2 atom stereocenters. The lowest BCUT2D eigenvalue weighted by Gasteiger charge is -2.26. The van der Waals surface area contributed by atoms with Crippen LogP contribution in [-0.4, -0.2) is 34.0 Å². The van der Waals surface area contributed by atoms with E-state index in [0.29, 0.717) is 22.2 Å². The fourth-order valence-electron chi connectivity index (χ4n) is 1.76. The Balaban J connectivity index is 2.02. The maximum absolute atomic E-state index is 11.8. The van der Waals surface area contributed by atoms with Crippen molar-refractivity contribution < 1.29 is 14.7 Å². The van der Waals surface area contributed by atoms with Crippen LogP contribution in [0, 0.1) is 0 Å². The minimum Gasteiger partial charge on any atom is -0.480 e. The molecule has 19 heavy (non-hydrogen) atoms. The third-order valence-corrected chi connectivity index (χ3v) is 4.82. The quantitative estimate of drug-likeness (QED) is 0.896. The van der Waals surface area contributed by atoms with Gasteiger partial charge in [-0.2, -0.15) is 0 Å². The molecular weight excluding hydrogens is 309 g/mol. The van der Waals surface area contributed by atoms with E-state index in [-0.39, 0.29) is 11.2 Å². The van der Waals surface area contributed by atoms with Gasteiger partial charge in [-0.1, -0.05) is 29.3 Å². The molecule has 2 N–H and O–H groups in total. The van der Waals surface area contributed by atoms with Crippen LogP contribution < -0.4 is 5.32 Å². The van der Waals surface area contributed by atoms with E-state index in [9.17, 15) is 9.59 Å². The van der Waals surface area contributed by atoms with Crippen molar-refractivity contribution in [2.45, 2.75) is 17.7 Å². The number of carboxylic acid groups (broad SMARTS) is 1. The zero-order chi connectivity index (χ0) is 14.0. The first-order chi connectivity index (χ1) is 8.97. The largest absolute Gasteiger partial charge is 0.480 e. The van der Waals surface area contributed by atoms with Crippen LogP contribution in [0.15, 0.2) is 18.2 Å². The smallest absolute Gasteiger partial charge is 0.327 e. The lowest BCUT2D eigenvalue weighted by atomic mass is 10.1. The molecule has 1 aromatic carbocycles. The Labute approximate surface area is 124 Å². The van der Waals surface area contributed by atoms with Crippen LogP contribution in [-0.2, 0) is 16.0 Å². The molecule has 1 aliphatic heterocycles. The minimum absolute atomic E-state index is 0.255. The van der Waals surface area contributed by atoms with Gasteiger partial charge in [0.05, 0.1) is 15.3 Å². The number of aliphatic carboxylic acids is 1. The highest BCUT2D eigenvalue weighted by molar-refractivity contribution is 8.00. The van der Waals surface area contributed by atoms with E-state index >= 15 is 0 Å². The molecule has 4 nitrogen and oxygen atoms in total. The normalized spacial score (nSPS) is 22.9. The van der Waals surface area contributed by atoms with Crippen molar-refractivity contribution in [2.75, 3.05) is 5.75 Å². The Morgan fingerprint density at radius 1 is 1.42 bits per heavy atom. The van der Waals surface area contributed by atoms with Crippen molar-refractivity contribution >= 4 is 46.8 Å². The maximum Gasteiger partial charge on any atom is 0.327 e. The van der Waals surface area contributed by atoms with E-state index in [1.807, 2.05) is 6.07 Å². The van der Waals surface area contributed by atoms with Crippen molar-refractivity contribution in [1.29, 1.82) is 0 Å². The van der Waals surface area contributed by atoms with Gasteiger partial charge in [0.2, 0.25) is 5.91 Å². The molecule has 0 radical (unpaired) electrons. The molecule has 1 aromatic rings. The summed E-state index contributed by atoms with van der Waals surface area (Å²) in [6.45, 7) is 0. The Morgan fingerprint density at radius 3 is 2.74 bits per heavy atom. The first-order valence-electron chi connectivity index (χ1n) is 5.56. The van der Waals surface area contributed by atoms with Crippen LogP contribution in [0.1, 0.15) is 5.56 Å². The second kappa shape index (κ2) is 6.03. The van der Waals surface area contributed by atoms with Gasteiger partial charge in [-0.25, -0.2) is 4.79 Å². The van der Waals surface area contributed by atoms with Gasteiger partial charge >= 0.3 is 5.97 Å². The molecule has 0 saturated carbocycles. The van der Waals surface area contributed by atoms with Crippen molar-refractivity contribution in [2.24, 2.45) is 0 Å². The third-order valence-electron chi connectivity index (χ3n) is 2.78. The van der Waals surface area contributed by atoms with Gasteiger partial charge < -0.3 is 10.4 Å². The van der Waals surface area contributed by atoms with Crippen molar-refractivity contribution in [3.8, 4) is 0 Å². The number of nitrogens with one attached hydrogen (secondary N) is 1. The number of rotatable bonds is 3. The average molecular weight is 320 g/mol. The monoisotopic (exact) mass is 319 g/mol. The molecule has 1 fully saturated rings. The Morgan fingerprint density at radius 2 is 2.16 bits per heavy atom. The van der Waals surface area contributed by atoms with Gasteiger partial charge in [0.15, 0.2) is 0 Å². The maximum atomic E-state index is 11.8. The highest BCUT2D eigenvalue weighted by Crippen LogP contribution is 2.26. The van der Waals surface area contributed by atoms with Crippen LogP contribution in [0.25, 0.3) is 0 Å². The zero-order valence-electron chi connectivity index (χ0n) is 9.73. The zero-order valence-corrected chi connectivity index (χ0v) is 12.1. The van der Waals surface area contributed by atoms with E-state index in [2.05, 4.69) is 5.32 Å². The van der Waals surface area contributed by atoms with E-state index in [1.165, 1.54) is 11.8 Å². The summed E-state index contributed by atoms with van der Waals surface area (Å²) in [7, 11) is 0. The Kier molecular flexibility index (Phi) is 4.60. The number of hydrogen-bond donors (Lipinski definition) is 2. The van der Waals surface area contributed by atoms with Gasteiger partial charge in [-0.3, -0.25) is 4.79 Å². The van der Waals surface area contributed by atoms with E-state index < -0.39 is 12.0 Å². The van der Waals surface area contributed by atoms with Gasteiger partial charge in [-0.15, -0.1) is 11.8 Å². The summed E-state index contributed by atoms with van der Waals surface area (Å²) >= 11 is 13.1. The molecule has 0 unspecified atom stereocenters. The van der Waals surface area contributed by atoms with Crippen LogP contribution in [0.2, 0.25) is 10.0 Å². The summed E-state index contributed by atoms with van der Waals surface area (Å²) in [6, 6.07) is 4.42. The van der Waals surface area contributed by atoms with Crippen molar-refractivity contribution in [3.63, 3.8) is 0 Å². The highest BCUT2D eigenvalue weighted by atomic mass is 35.5. The summed E-state index contributed by atoms with van der Waals surface area (Å²) in [6.07, 6.45) is 0.500. The summed E-state index contributed by atoms with van der Waals surface area (Å²) in [5, 5.41) is 12.0. The van der Waals surface area contributed by atoms with E-state index in [1.54, 1.807) is 12.1 Å². The summed E-state index contributed by atoms with van der Waals surface area (Å²) in [5.41, 5.74) is 0.899. The van der Waals surface area contributed by atoms with Gasteiger partial charge in [0.25, 0.3) is 0 Å². The first kappa shape index (κ1) is 14.5. The van der Waals surface area contributed by atoms with Crippen molar-refractivity contribution in [3.05, 3.63) is 33.8 Å². The van der Waals surface area contributed by atoms with Gasteiger partial charge in [-0.05, 0) is 24.1 Å². The Bertz CT molecular complexity index is 524. The molecule has 0 bridgehead atoms. The fraction of sp³-hybridized carbons (Fsp3) is 0.333.